The van der Waals surface area contributed by atoms with E-state index in [2.05, 4.69) is 20.6 Å². The molecule has 0 unspecified atom stereocenters. The van der Waals surface area contributed by atoms with E-state index in [1.165, 1.54) is 11.3 Å². The van der Waals surface area contributed by atoms with Crippen molar-refractivity contribution in [3.05, 3.63) is 33.9 Å². The summed E-state index contributed by atoms with van der Waals surface area (Å²) in [5.74, 6) is 0.291. The van der Waals surface area contributed by atoms with Crippen LogP contribution in [-0.2, 0) is 6.54 Å². The summed E-state index contributed by atoms with van der Waals surface area (Å²) in [6.07, 6.45) is 4.04. The van der Waals surface area contributed by atoms with Crippen LogP contribution in [0.1, 0.15) is 41.0 Å². The maximum absolute atomic E-state index is 12.5. The van der Waals surface area contributed by atoms with Crippen molar-refractivity contribution in [3.63, 3.8) is 0 Å². The molecular formula is C15H14ClN5OS. The molecule has 3 aromatic rings. The molecule has 0 saturated heterocycles. The van der Waals surface area contributed by atoms with Crippen LogP contribution in [-0.4, -0.2) is 25.9 Å². The number of aryl methyl sites for hydroxylation is 1. The van der Waals surface area contributed by atoms with Crippen LogP contribution >= 0.6 is 22.9 Å². The topological polar surface area (TPSA) is 72.7 Å². The van der Waals surface area contributed by atoms with Crippen molar-refractivity contribution in [1.29, 1.82) is 0 Å². The van der Waals surface area contributed by atoms with E-state index in [0.717, 1.165) is 28.8 Å². The van der Waals surface area contributed by atoms with Gasteiger partial charge in [0.2, 0.25) is 5.13 Å². The van der Waals surface area contributed by atoms with Crippen LogP contribution in [0.2, 0.25) is 5.02 Å². The summed E-state index contributed by atoms with van der Waals surface area (Å²) in [5, 5.41) is 18.1. The summed E-state index contributed by atoms with van der Waals surface area (Å²) in [6.45, 7) is 2.71. The van der Waals surface area contributed by atoms with Gasteiger partial charge in [-0.1, -0.05) is 22.9 Å². The SMILES string of the molecule is CCn1ncc2c(Cl)cc(C(=O)Nc3nnc(C4CC4)s3)cc21. The van der Waals surface area contributed by atoms with E-state index in [9.17, 15) is 4.79 Å². The number of carbonyl (C=O) groups excluding carboxylic acids is 1. The van der Waals surface area contributed by atoms with Crippen LogP contribution in [0.15, 0.2) is 18.3 Å². The number of benzene rings is 1. The number of amides is 1. The van der Waals surface area contributed by atoms with E-state index in [-0.39, 0.29) is 5.91 Å². The molecule has 2 heterocycles. The Morgan fingerprint density at radius 2 is 2.26 bits per heavy atom. The van der Waals surface area contributed by atoms with Crippen molar-refractivity contribution in [2.75, 3.05) is 5.32 Å². The Balaban J connectivity index is 1.62. The monoisotopic (exact) mass is 347 g/mol. The summed E-state index contributed by atoms with van der Waals surface area (Å²) < 4.78 is 1.81. The fraction of sp³-hybridized carbons (Fsp3) is 0.333. The zero-order valence-corrected chi connectivity index (χ0v) is 14.0. The molecule has 1 N–H and O–H groups in total. The molecule has 0 radical (unpaired) electrons. The van der Waals surface area contributed by atoms with Crippen molar-refractivity contribution in [2.45, 2.75) is 32.2 Å². The second-order valence-corrected chi connectivity index (χ2v) is 6.94. The summed E-state index contributed by atoms with van der Waals surface area (Å²) in [6, 6.07) is 3.46. The van der Waals surface area contributed by atoms with Crippen molar-refractivity contribution in [2.24, 2.45) is 0 Å². The molecule has 0 atom stereocenters. The van der Waals surface area contributed by atoms with Crippen molar-refractivity contribution in [1.82, 2.24) is 20.0 Å². The number of aromatic nitrogens is 4. The Labute approximate surface area is 141 Å². The lowest BCUT2D eigenvalue weighted by Crippen LogP contribution is -2.12. The van der Waals surface area contributed by atoms with Crippen LogP contribution in [0, 0.1) is 0 Å². The minimum absolute atomic E-state index is 0.240. The first-order chi connectivity index (χ1) is 11.2. The summed E-state index contributed by atoms with van der Waals surface area (Å²) >= 11 is 7.71. The standard InChI is InChI=1S/C15H14ClN5OS/c1-2-21-12-6-9(5-11(16)10(12)7-17-21)13(22)18-15-20-19-14(23-15)8-3-4-8/h5-8H,2-4H2,1H3,(H,18,20,22). The van der Waals surface area contributed by atoms with Crippen molar-refractivity contribution in [3.8, 4) is 0 Å². The van der Waals surface area contributed by atoms with E-state index in [1.54, 1.807) is 18.3 Å². The molecule has 6 nitrogen and oxygen atoms in total. The normalized spacial score (nSPS) is 14.3. The molecular weight excluding hydrogens is 334 g/mol. The second kappa shape index (κ2) is 5.58. The highest BCUT2D eigenvalue weighted by atomic mass is 35.5. The molecule has 1 amide bonds. The highest BCUT2D eigenvalue weighted by molar-refractivity contribution is 7.15. The first-order valence-corrected chi connectivity index (χ1v) is 8.65. The Hall–Kier alpha value is -1.99. The molecule has 118 valence electrons. The largest absolute Gasteiger partial charge is 0.296 e. The Morgan fingerprint density at radius 1 is 1.43 bits per heavy atom. The molecule has 1 saturated carbocycles. The molecule has 8 heteroatoms. The predicted molar refractivity (Wildman–Crippen MR) is 90.3 cm³/mol. The van der Waals surface area contributed by atoms with E-state index < -0.39 is 0 Å². The zero-order valence-electron chi connectivity index (χ0n) is 12.4. The van der Waals surface area contributed by atoms with Gasteiger partial charge in [-0.2, -0.15) is 5.10 Å². The van der Waals surface area contributed by atoms with Crippen LogP contribution in [0.4, 0.5) is 5.13 Å². The molecule has 1 aliphatic rings. The predicted octanol–water partition coefficient (Wildman–Crippen LogP) is 3.69. The highest BCUT2D eigenvalue weighted by Gasteiger charge is 2.27. The highest BCUT2D eigenvalue weighted by Crippen LogP contribution is 2.42. The van der Waals surface area contributed by atoms with Gasteiger partial charge in [0.15, 0.2) is 0 Å². The number of rotatable bonds is 4. The third-order valence-electron chi connectivity index (χ3n) is 3.86. The van der Waals surface area contributed by atoms with Crippen LogP contribution in [0.3, 0.4) is 0 Å². The van der Waals surface area contributed by atoms with Gasteiger partial charge in [0.1, 0.15) is 5.01 Å². The smallest absolute Gasteiger partial charge is 0.257 e. The third kappa shape index (κ3) is 2.70. The minimum Gasteiger partial charge on any atom is -0.296 e. The molecule has 23 heavy (non-hydrogen) atoms. The Kier molecular flexibility index (Phi) is 3.54. The maximum atomic E-state index is 12.5. The van der Waals surface area contributed by atoms with Gasteiger partial charge in [-0.15, -0.1) is 10.2 Å². The average Bonchev–Trinajstić information content (AvgIpc) is 3.14. The number of carbonyl (C=O) groups is 1. The van der Waals surface area contributed by atoms with Crippen LogP contribution < -0.4 is 5.32 Å². The lowest BCUT2D eigenvalue weighted by atomic mass is 10.1. The summed E-state index contributed by atoms with van der Waals surface area (Å²) in [5.41, 5.74) is 1.34. The fourth-order valence-electron chi connectivity index (χ4n) is 2.47. The van der Waals surface area contributed by atoms with Gasteiger partial charge in [0.25, 0.3) is 5.91 Å². The molecule has 0 bridgehead atoms. The van der Waals surface area contributed by atoms with Gasteiger partial charge in [-0.05, 0) is 31.9 Å². The summed E-state index contributed by atoms with van der Waals surface area (Å²) in [7, 11) is 0. The average molecular weight is 348 g/mol. The number of nitrogens with one attached hydrogen (secondary N) is 1. The van der Waals surface area contributed by atoms with Gasteiger partial charge < -0.3 is 0 Å². The van der Waals surface area contributed by atoms with E-state index >= 15 is 0 Å². The molecule has 2 aromatic heterocycles. The second-order valence-electron chi connectivity index (χ2n) is 5.53. The minimum atomic E-state index is -0.240. The van der Waals surface area contributed by atoms with Crippen LogP contribution in [0.25, 0.3) is 10.9 Å². The lowest BCUT2D eigenvalue weighted by Gasteiger charge is -2.05. The van der Waals surface area contributed by atoms with E-state index in [1.807, 2.05) is 11.6 Å². The van der Waals surface area contributed by atoms with E-state index in [4.69, 9.17) is 11.6 Å². The molecule has 0 spiro atoms. The number of halogens is 1. The van der Waals surface area contributed by atoms with Crippen molar-refractivity contribution >= 4 is 44.9 Å². The Morgan fingerprint density at radius 3 is 3.00 bits per heavy atom. The van der Waals surface area contributed by atoms with Gasteiger partial charge in [-0.3, -0.25) is 14.8 Å². The zero-order chi connectivity index (χ0) is 16.0. The van der Waals surface area contributed by atoms with E-state index in [0.29, 0.717) is 28.2 Å². The van der Waals surface area contributed by atoms with Gasteiger partial charge in [-0.25, -0.2) is 0 Å². The van der Waals surface area contributed by atoms with Gasteiger partial charge >= 0.3 is 0 Å². The molecule has 1 fully saturated rings. The molecule has 1 aromatic carbocycles. The molecule has 0 aliphatic heterocycles. The van der Waals surface area contributed by atoms with Crippen LogP contribution in [0.5, 0.6) is 0 Å². The number of hydrogen-bond donors (Lipinski definition) is 1. The number of anilines is 1. The number of nitrogens with zero attached hydrogens (tertiary/aromatic N) is 4. The third-order valence-corrected chi connectivity index (χ3v) is 5.18. The van der Waals surface area contributed by atoms with Gasteiger partial charge in [0.05, 0.1) is 16.7 Å². The molecule has 4 rings (SSSR count). The first-order valence-electron chi connectivity index (χ1n) is 7.45. The fourth-order valence-corrected chi connectivity index (χ4v) is 3.64. The lowest BCUT2D eigenvalue weighted by molar-refractivity contribution is 0.102. The molecule has 1 aliphatic carbocycles. The maximum Gasteiger partial charge on any atom is 0.257 e. The quantitative estimate of drug-likeness (QED) is 0.781. The number of hydrogen-bond acceptors (Lipinski definition) is 5. The first kappa shape index (κ1) is 14.6. The summed E-state index contributed by atoms with van der Waals surface area (Å²) in [4.78, 5) is 12.5. The van der Waals surface area contributed by atoms with Crippen molar-refractivity contribution < 1.29 is 4.79 Å². The number of fused-ring (bicyclic) bond motifs is 1. The Bertz CT molecular complexity index is 899. The van der Waals surface area contributed by atoms with Gasteiger partial charge in [0, 0.05) is 23.4 Å².